The fraction of sp³-hybridized carbons (Fsp3) is 0.533. The lowest BCUT2D eigenvalue weighted by Gasteiger charge is -2.23. The van der Waals surface area contributed by atoms with Crippen molar-refractivity contribution in [2.24, 2.45) is 0 Å². The number of halogens is 1. The van der Waals surface area contributed by atoms with Crippen molar-refractivity contribution < 1.29 is 14.2 Å². The second-order valence-corrected chi connectivity index (χ2v) is 6.27. The number of fused-ring (bicyclic) bond motifs is 1. The molecule has 0 saturated carbocycles. The minimum atomic E-state index is -0.292. The number of rotatable bonds is 2. The third-order valence-corrected chi connectivity index (χ3v) is 4.70. The van der Waals surface area contributed by atoms with Crippen molar-refractivity contribution >= 4 is 26.8 Å². The van der Waals surface area contributed by atoms with Crippen molar-refractivity contribution in [2.75, 3.05) is 19.8 Å². The number of hydrogen-bond donors (Lipinski definition) is 0. The molecule has 2 fully saturated rings. The van der Waals surface area contributed by atoms with E-state index in [1.807, 2.05) is 10.9 Å². The van der Waals surface area contributed by atoms with Gasteiger partial charge >= 0.3 is 0 Å². The Hall–Kier alpha value is -0.950. The Balaban J connectivity index is 1.76. The normalized spacial score (nSPS) is 24.0. The van der Waals surface area contributed by atoms with Crippen LogP contribution in [0.1, 0.15) is 37.3 Å². The van der Waals surface area contributed by atoms with Crippen molar-refractivity contribution in [3.63, 3.8) is 0 Å². The lowest BCUT2D eigenvalue weighted by molar-refractivity contribution is -0.0449. The van der Waals surface area contributed by atoms with E-state index in [0.29, 0.717) is 13.2 Å². The second-order valence-electron chi connectivity index (χ2n) is 5.42. The van der Waals surface area contributed by atoms with E-state index in [0.717, 1.165) is 40.4 Å². The van der Waals surface area contributed by atoms with Gasteiger partial charge in [-0.3, -0.25) is 0 Å². The molecular weight excluding hydrogens is 336 g/mol. The zero-order valence-electron chi connectivity index (χ0n) is 11.6. The Kier molecular flexibility index (Phi) is 3.71. The maximum Gasteiger partial charge on any atom is 0.185 e. The van der Waals surface area contributed by atoms with Gasteiger partial charge < -0.3 is 14.2 Å². The highest BCUT2D eigenvalue weighted by molar-refractivity contribution is 9.10. The highest BCUT2D eigenvalue weighted by Crippen LogP contribution is 2.35. The summed E-state index contributed by atoms with van der Waals surface area (Å²) in [5, 5.41) is 5.61. The van der Waals surface area contributed by atoms with Crippen LogP contribution in [0, 0.1) is 0 Å². The van der Waals surface area contributed by atoms with Gasteiger partial charge in [-0.15, -0.1) is 0 Å². The zero-order chi connectivity index (χ0) is 14.2. The van der Waals surface area contributed by atoms with Crippen LogP contribution in [0.3, 0.4) is 0 Å². The van der Waals surface area contributed by atoms with E-state index < -0.39 is 0 Å². The number of nitrogens with zero attached hydrogens (tertiary/aromatic N) is 2. The summed E-state index contributed by atoms with van der Waals surface area (Å²) >= 11 is 3.60. The highest BCUT2D eigenvalue weighted by atomic mass is 79.9. The average Bonchev–Trinajstić information content (AvgIpc) is 3.16. The highest BCUT2D eigenvalue weighted by Gasteiger charge is 2.24. The summed E-state index contributed by atoms with van der Waals surface area (Å²) < 4.78 is 20.1. The predicted octanol–water partition coefficient (Wildman–Crippen LogP) is 3.54. The Bertz CT molecular complexity index is 646. The molecule has 112 valence electrons. The van der Waals surface area contributed by atoms with Crippen LogP contribution in [0.5, 0.6) is 0 Å². The van der Waals surface area contributed by atoms with Crippen LogP contribution in [0.25, 0.3) is 10.9 Å². The zero-order valence-corrected chi connectivity index (χ0v) is 13.2. The molecular formula is C15H17BrN2O3. The third-order valence-electron chi connectivity index (χ3n) is 4.02. The standard InChI is InChI=1S/C15H17BrN2O3/c16-12-7-10-9-17-18(14-3-1-2-4-19-14)13(10)8-11(12)15-20-5-6-21-15/h7-9,14-15H,1-6H2. The Morgan fingerprint density at radius 1 is 1.10 bits per heavy atom. The molecule has 3 heterocycles. The monoisotopic (exact) mass is 352 g/mol. The first-order chi connectivity index (χ1) is 10.3. The summed E-state index contributed by atoms with van der Waals surface area (Å²) in [6.45, 7) is 2.09. The molecule has 0 aliphatic carbocycles. The molecule has 21 heavy (non-hydrogen) atoms. The summed E-state index contributed by atoms with van der Waals surface area (Å²) in [4.78, 5) is 0. The minimum Gasteiger partial charge on any atom is -0.356 e. The molecule has 0 amide bonds. The lowest BCUT2D eigenvalue weighted by atomic mass is 10.1. The summed E-state index contributed by atoms with van der Waals surface area (Å²) in [6, 6.07) is 4.17. The third kappa shape index (κ3) is 2.50. The van der Waals surface area contributed by atoms with Crippen LogP contribution in [0.2, 0.25) is 0 Å². The molecule has 6 heteroatoms. The van der Waals surface area contributed by atoms with E-state index in [1.165, 1.54) is 6.42 Å². The Morgan fingerprint density at radius 2 is 1.95 bits per heavy atom. The molecule has 4 rings (SSSR count). The molecule has 5 nitrogen and oxygen atoms in total. The van der Waals surface area contributed by atoms with E-state index in [1.54, 1.807) is 0 Å². The molecule has 0 N–H and O–H groups in total. The van der Waals surface area contributed by atoms with Crippen molar-refractivity contribution in [3.8, 4) is 0 Å². The van der Waals surface area contributed by atoms with Gasteiger partial charge in [0.15, 0.2) is 12.5 Å². The smallest absolute Gasteiger partial charge is 0.185 e. The quantitative estimate of drug-likeness (QED) is 0.829. The number of hydrogen-bond acceptors (Lipinski definition) is 4. The minimum absolute atomic E-state index is 0.0377. The summed E-state index contributed by atoms with van der Waals surface area (Å²) in [7, 11) is 0. The van der Waals surface area contributed by atoms with Crippen molar-refractivity contribution in [2.45, 2.75) is 31.8 Å². The molecule has 1 unspecified atom stereocenters. The predicted molar refractivity (Wildman–Crippen MR) is 80.9 cm³/mol. The molecule has 0 bridgehead atoms. The molecule has 2 aliphatic rings. The maximum atomic E-state index is 5.85. The summed E-state index contributed by atoms with van der Waals surface area (Å²) in [6.07, 6.45) is 4.97. The Labute approximate surface area is 131 Å². The molecule has 1 aromatic heterocycles. The topological polar surface area (TPSA) is 45.5 Å². The van der Waals surface area contributed by atoms with Crippen LogP contribution in [0.15, 0.2) is 22.8 Å². The van der Waals surface area contributed by atoms with E-state index in [-0.39, 0.29) is 12.5 Å². The fourth-order valence-electron chi connectivity index (χ4n) is 2.95. The molecule has 2 aliphatic heterocycles. The summed E-state index contributed by atoms with van der Waals surface area (Å²) in [5.74, 6) is 0. The molecule has 1 atom stereocenters. The van der Waals surface area contributed by atoms with Gasteiger partial charge in [0.1, 0.15) is 0 Å². The van der Waals surface area contributed by atoms with Crippen LogP contribution in [0.4, 0.5) is 0 Å². The fourth-order valence-corrected chi connectivity index (χ4v) is 3.49. The van der Waals surface area contributed by atoms with E-state index >= 15 is 0 Å². The first-order valence-corrected chi connectivity index (χ1v) is 8.14. The number of aromatic nitrogens is 2. The van der Waals surface area contributed by atoms with Gasteiger partial charge in [0.2, 0.25) is 0 Å². The first-order valence-electron chi connectivity index (χ1n) is 7.34. The van der Waals surface area contributed by atoms with Crippen LogP contribution in [-0.2, 0) is 14.2 Å². The van der Waals surface area contributed by atoms with Crippen LogP contribution < -0.4 is 0 Å². The largest absolute Gasteiger partial charge is 0.356 e. The van der Waals surface area contributed by atoms with Crippen molar-refractivity contribution in [3.05, 3.63) is 28.4 Å². The van der Waals surface area contributed by atoms with Gasteiger partial charge in [0, 0.05) is 22.0 Å². The van der Waals surface area contributed by atoms with Crippen molar-refractivity contribution in [1.29, 1.82) is 0 Å². The number of ether oxygens (including phenoxy) is 3. The Morgan fingerprint density at radius 3 is 2.71 bits per heavy atom. The molecule has 2 aromatic rings. The average molecular weight is 353 g/mol. The van der Waals surface area contributed by atoms with Gasteiger partial charge in [-0.1, -0.05) is 15.9 Å². The van der Waals surface area contributed by atoms with Gasteiger partial charge in [-0.2, -0.15) is 5.10 Å². The molecule has 1 aromatic carbocycles. The maximum absolute atomic E-state index is 5.85. The van der Waals surface area contributed by atoms with Crippen LogP contribution >= 0.6 is 15.9 Å². The molecule has 2 saturated heterocycles. The van der Waals surface area contributed by atoms with Gasteiger partial charge in [-0.05, 0) is 31.4 Å². The van der Waals surface area contributed by atoms with Gasteiger partial charge in [-0.25, -0.2) is 4.68 Å². The van der Waals surface area contributed by atoms with E-state index in [2.05, 4.69) is 33.2 Å². The van der Waals surface area contributed by atoms with Gasteiger partial charge in [0.05, 0.1) is 24.9 Å². The SMILES string of the molecule is Brc1cc2cnn(C3CCCCO3)c2cc1C1OCCO1. The molecule has 0 radical (unpaired) electrons. The van der Waals surface area contributed by atoms with E-state index in [4.69, 9.17) is 14.2 Å². The molecule has 0 spiro atoms. The first kappa shape index (κ1) is 13.7. The lowest BCUT2D eigenvalue weighted by Crippen LogP contribution is -2.19. The summed E-state index contributed by atoms with van der Waals surface area (Å²) in [5.41, 5.74) is 2.08. The van der Waals surface area contributed by atoms with E-state index in [9.17, 15) is 0 Å². The second kappa shape index (κ2) is 5.68. The number of benzene rings is 1. The van der Waals surface area contributed by atoms with Crippen LogP contribution in [-0.4, -0.2) is 29.6 Å². The van der Waals surface area contributed by atoms with Gasteiger partial charge in [0.25, 0.3) is 0 Å². The van der Waals surface area contributed by atoms with Crippen molar-refractivity contribution in [1.82, 2.24) is 9.78 Å².